The van der Waals surface area contributed by atoms with Crippen molar-refractivity contribution in [3.8, 4) is 11.5 Å². The normalized spacial score (nSPS) is 10.3. The summed E-state index contributed by atoms with van der Waals surface area (Å²) < 4.78 is 5.06. The van der Waals surface area contributed by atoms with Crippen LogP contribution in [0.25, 0.3) is 0 Å². The lowest BCUT2D eigenvalue weighted by Crippen LogP contribution is -2.14. The number of nitrogens with one attached hydrogen (secondary N) is 2. The SMILES string of the molecule is COc1ccc(C(=O)Nc2nc(C(=O)Nc3cc(C)ccc3O)cs2)cc1. The molecule has 1 heterocycles. The highest BCUT2D eigenvalue weighted by Gasteiger charge is 2.15. The van der Waals surface area contributed by atoms with Gasteiger partial charge in [-0.05, 0) is 48.9 Å². The first-order chi connectivity index (χ1) is 13.0. The van der Waals surface area contributed by atoms with Gasteiger partial charge in [-0.15, -0.1) is 11.3 Å². The fraction of sp³-hybridized carbons (Fsp3) is 0.105. The third kappa shape index (κ3) is 4.42. The predicted molar refractivity (Wildman–Crippen MR) is 104 cm³/mol. The van der Waals surface area contributed by atoms with Gasteiger partial charge in [0.25, 0.3) is 11.8 Å². The highest BCUT2D eigenvalue weighted by atomic mass is 32.1. The van der Waals surface area contributed by atoms with Crippen molar-refractivity contribution in [3.63, 3.8) is 0 Å². The molecule has 0 aliphatic heterocycles. The van der Waals surface area contributed by atoms with E-state index in [9.17, 15) is 14.7 Å². The van der Waals surface area contributed by atoms with E-state index >= 15 is 0 Å². The van der Waals surface area contributed by atoms with Gasteiger partial charge < -0.3 is 15.2 Å². The Morgan fingerprint density at radius 3 is 2.52 bits per heavy atom. The molecule has 1 aromatic heterocycles. The molecule has 2 aromatic carbocycles. The summed E-state index contributed by atoms with van der Waals surface area (Å²) in [6.45, 7) is 1.85. The zero-order valence-corrected chi connectivity index (χ0v) is 15.5. The molecule has 0 spiro atoms. The number of carbonyl (C=O) groups is 2. The minimum atomic E-state index is -0.475. The van der Waals surface area contributed by atoms with Gasteiger partial charge in [0.2, 0.25) is 0 Å². The molecule has 0 atom stereocenters. The fourth-order valence-corrected chi connectivity index (χ4v) is 2.97. The number of carbonyl (C=O) groups excluding carboxylic acids is 2. The average molecular weight is 383 g/mol. The van der Waals surface area contributed by atoms with Crippen LogP contribution in [-0.2, 0) is 0 Å². The molecule has 3 rings (SSSR count). The lowest BCUT2D eigenvalue weighted by molar-refractivity contribution is 0.101. The number of hydrogen-bond donors (Lipinski definition) is 3. The maximum Gasteiger partial charge on any atom is 0.275 e. The Hall–Kier alpha value is -3.39. The highest BCUT2D eigenvalue weighted by molar-refractivity contribution is 7.14. The molecule has 3 N–H and O–H groups in total. The molecular weight excluding hydrogens is 366 g/mol. The van der Waals surface area contributed by atoms with Gasteiger partial charge in [-0.25, -0.2) is 4.98 Å². The van der Waals surface area contributed by atoms with Gasteiger partial charge in [-0.2, -0.15) is 0 Å². The fourth-order valence-electron chi connectivity index (χ4n) is 2.28. The standard InChI is InChI=1S/C19H17N3O4S/c1-11-3-8-16(23)14(9-11)20-18(25)15-10-27-19(21-15)22-17(24)12-4-6-13(26-2)7-5-12/h3-10,23H,1-2H3,(H,20,25)(H,21,22,24). The number of phenolic OH excluding ortho intramolecular Hbond substituents is 1. The minimum Gasteiger partial charge on any atom is -0.506 e. The van der Waals surface area contributed by atoms with Crippen LogP contribution in [0.5, 0.6) is 11.5 Å². The van der Waals surface area contributed by atoms with Crippen molar-refractivity contribution in [1.29, 1.82) is 0 Å². The molecule has 0 fully saturated rings. The average Bonchev–Trinajstić information content (AvgIpc) is 3.13. The van der Waals surface area contributed by atoms with E-state index < -0.39 is 5.91 Å². The van der Waals surface area contributed by atoms with E-state index in [1.807, 2.05) is 6.92 Å². The number of aromatic nitrogens is 1. The van der Waals surface area contributed by atoms with Crippen molar-refractivity contribution in [2.75, 3.05) is 17.7 Å². The Morgan fingerprint density at radius 2 is 1.81 bits per heavy atom. The minimum absolute atomic E-state index is 0.0304. The number of hydrogen-bond acceptors (Lipinski definition) is 6. The number of benzene rings is 2. The van der Waals surface area contributed by atoms with Crippen LogP contribution in [0.2, 0.25) is 0 Å². The van der Waals surface area contributed by atoms with Crippen molar-refractivity contribution in [1.82, 2.24) is 4.98 Å². The molecule has 3 aromatic rings. The topological polar surface area (TPSA) is 101 Å². The molecule has 0 radical (unpaired) electrons. The van der Waals surface area contributed by atoms with Gasteiger partial charge in [0.1, 0.15) is 17.2 Å². The van der Waals surface area contributed by atoms with Crippen LogP contribution in [0, 0.1) is 6.92 Å². The Bertz CT molecular complexity index is 983. The summed E-state index contributed by atoms with van der Waals surface area (Å²) >= 11 is 1.14. The van der Waals surface area contributed by atoms with Crippen LogP contribution in [0.1, 0.15) is 26.4 Å². The van der Waals surface area contributed by atoms with E-state index in [1.54, 1.807) is 43.5 Å². The largest absolute Gasteiger partial charge is 0.506 e. The summed E-state index contributed by atoms with van der Waals surface area (Å²) in [5.74, 6) is -0.191. The second-order valence-electron chi connectivity index (χ2n) is 5.70. The number of aryl methyl sites for hydroxylation is 1. The first-order valence-corrected chi connectivity index (χ1v) is 8.86. The van der Waals surface area contributed by atoms with E-state index in [-0.39, 0.29) is 17.4 Å². The van der Waals surface area contributed by atoms with Crippen LogP contribution in [0.4, 0.5) is 10.8 Å². The Kier molecular flexibility index (Phi) is 5.37. The number of methoxy groups -OCH3 is 1. The summed E-state index contributed by atoms with van der Waals surface area (Å²) in [6, 6.07) is 11.5. The van der Waals surface area contributed by atoms with Crippen LogP contribution in [0.3, 0.4) is 0 Å². The van der Waals surface area contributed by atoms with Crippen LogP contribution >= 0.6 is 11.3 Å². The second kappa shape index (κ2) is 7.88. The first-order valence-electron chi connectivity index (χ1n) is 7.98. The number of aromatic hydroxyl groups is 1. The van der Waals surface area contributed by atoms with Crippen molar-refractivity contribution >= 4 is 34.0 Å². The zero-order valence-electron chi connectivity index (χ0n) is 14.6. The third-order valence-electron chi connectivity index (χ3n) is 3.71. The Labute approximate surface area is 159 Å². The quantitative estimate of drug-likeness (QED) is 0.584. The molecule has 138 valence electrons. The first kappa shape index (κ1) is 18.4. The van der Waals surface area contributed by atoms with E-state index in [1.165, 1.54) is 11.4 Å². The zero-order chi connectivity index (χ0) is 19.4. The van der Waals surface area contributed by atoms with Gasteiger partial charge in [0.05, 0.1) is 12.8 Å². The van der Waals surface area contributed by atoms with Gasteiger partial charge in [-0.3, -0.25) is 14.9 Å². The summed E-state index contributed by atoms with van der Waals surface area (Å²) in [5.41, 5.74) is 1.79. The Balaban J connectivity index is 1.67. The second-order valence-corrected chi connectivity index (χ2v) is 6.55. The van der Waals surface area contributed by atoms with Crippen LogP contribution < -0.4 is 15.4 Å². The molecule has 0 bridgehead atoms. The van der Waals surface area contributed by atoms with E-state index in [2.05, 4.69) is 15.6 Å². The van der Waals surface area contributed by atoms with Crippen LogP contribution in [0.15, 0.2) is 47.8 Å². The monoisotopic (exact) mass is 383 g/mol. The summed E-state index contributed by atoms with van der Waals surface area (Å²) in [4.78, 5) is 28.7. The number of amides is 2. The van der Waals surface area contributed by atoms with Crippen molar-refractivity contribution < 1.29 is 19.4 Å². The number of nitrogens with zero attached hydrogens (tertiary/aromatic N) is 1. The Morgan fingerprint density at radius 1 is 1.07 bits per heavy atom. The molecular formula is C19H17N3O4S. The van der Waals surface area contributed by atoms with Gasteiger partial charge >= 0.3 is 0 Å². The van der Waals surface area contributed by atoms with Crippen molar-refractivity contribution in [3.05, 3.63) is 64.7 Å². The maximum atomic E-state index is 12.3. The van der Waals surface area contributed by atoms with Crippen LogP contribution in [-0.4, -0.2) is 29.0 Å². The lowest BCUT2D eigenvalue weighted by Gasteiger charge is -2.06. The number of anilines is 2. The van der Waals surface area contributed by atoms with E-state index in [4.69, 9.17) is 4.74 Å². The van der Waals surface area contributed by atoms with E-state index in [0.29, 0.717) is 22.1 Å². The van der Waals surface area contributed by atoms with E-state index in [0.717, 1.165) is 16.9 Å². The summed E-state index contributed by atoms with van der Waals surface area (Å²) in [7, 11) is 1.55. The lowest BCUT2D eigenvalue weighted by atomic mass is 10.2. The smallest absolute Gasteiger partial charge is 0.275 e. The third-order valence-corrected chi connectivity index (χ3v) is 4.47. The molecule has 2 amide bonds. The molecule has 0 unspecified atom stereocenters. The molecule has 0 saturated heterocycles. The summed E-state index contributed by atoms with van der Waals surface area (Å²) in [6.07, 6.45) is 0. The number of phenols is 1. The van der Waals surface area contributed by atoms with Crippen molar-refractivity contribution in [2.45, 2.75) is 6.92 Å². The summed E-state index contributed by atoms with van der Waals surface area (Å²) in [5, 5.41) is 16.9. The molecule has 7 nitrogen and oxygen atoms in total. The maximum absolute atomic E-state index is 12.3. The highest BCUT2D eigenvalue weighted by Crippen LogP contribution is 2.25. The predicted octanol–water partition coefficient (Wildman–Crippen LogP) is 3.67. The number of thiazole rings is 1. The van der Waals surface area contributed by atoms with Gasteiger partial charge in [0, 0.05) is 10.9 Å². The molecule has 27 heavy (non-hydrogen) atoms. The van der Waals surface area contributed by atoms with Crippen molar-refractivity contribution in [2.24, 2.45) is 0 Å². The number of rotatable bonds is 5. The number of ether oxygens (including phenoxy) is 1. The van der Waals surface area contributed by atoms with Gasteiger partial charge in [0.15, 0.2) is 5.13 Å². The molecule has 8 heteroatoms. The molecule has 0 aliphatic carbocycles. The molecule has 0 aliphatic rings. The molecule has 0 saturated carbocycles. The van der Waals surface area contributed by atoms with Gasteiger partial charge in [-0.1, -0.05) is 6.07 Å².